The molecule has 2 atom stereocenters. The summed E-state index contributed by atoms with van der Waals surface area (Å²) in [5.74, 6) is -2.86. The maximum atomic E-state index is 13.0. The largest absolute Gasteiger partial charge is 0.382 e. The van der Waals surface area contributed by atoms with E-state index in [2.05, 4.69) is 0 Å². The van der Waals surface area contributed by atoms with Gasteiger partial charge in [-0.05, 0) is 91.9 Å². The molecule has 7 rings (SSSR count). The standard InChI is InChI=1S/C57H71N3O26S5/c1-56(18-8-34-87(64,65)66)49(58(20-24-79-3)45-13-11-41-43(54(45)56)35-39(88(67,68)69)37-47(41)90(73,74)75)9-6-5-7-10-50-57(2,19-23-82-29-31-85-33-32-84-27-26-80-4)55-44-36-40(89(70,71)72)38-48(91(76,77)78)42(44)12-14-46(55)59(50)21-25-83-30-28-81-22-17-53(63)86-60-51(61)15-16-52(60)62/h5-7,9-14,35-38H,8,15-34H2,1-4H3,(H4-,64,65,66,67,68,69,70,71,72,73,74,75,76,77,78)/p+1. The van der Waals surface area contributed by atoms with E-state index in [0.29, 0.717) is 65.4 Å². The van der Waals surface area contributed by atoms with Gasteiger partial charge in [-0.2, -0.15) is 46.7 Å². The van der Waals surface area contributed by atoms with E-state index in [9.17, 15) is 79.2 Å². The number of allylic oxidation sites excluding steroid dienone is 6. The summed E-state index contributed by atoms with van der Waals surface area (Å²) < 4.78 is 220. The third kappa shape index (κ3) is 17.8. The SMILES string of the molecule is COCCOCCOCCOCCC1(C)\C(=C/C=C/C=C/C2=[N+](CCOC)c3ccc4c(S(=O)(=O)O)cc(S(=O)(=O)O)cc4c3C2(C)CCCS(=O)(=O)O)N(CCOCCOCCC(=O)ON2C(=O)CCC2=O)c2ccc3c(S(=O)(=O)O)cc(S(=O)(=O)O)cc3c21. The third-order valence-electron chi connectivity index (χ3n) is 15.4. The van der Waals surface area contributed by atoms with Crippen molar-refractivity contribution in [1.29, 1.82) is 0 Å². The number of benzene rings is 4. The number of hydroxylamine groups is 2. The molecule has 91 heavy (non-hydrogen) atoms. The van der Waals surface area contributed by atoms with Crippen molar-refractivity contribution in [2.24, 2.45) is 0 Å². The molecule has 2 unspecified atom stereocenters. The van der Waals surface area contributed by atoms with E-state index < -0.39 is 105 Å². The minimum atomic E-state index is -5.16. The monoisotopic (exact) mass is 1370 g/mol. The van der Waals surface area contributed by atoms with Crippen molar-refractivity contribution in [3.63, 3.8) is 0 Å². The van der Waals surface area contributed by atoms with Crippen LogP contribution in [0.3, 0.4) is 0 Å². The Morgan fingerprint density at radius 2 is 1.09 bits per heavy atom. The molecule has 0 radical (unpaired) electrons. The van der Waals surface area contributed by atoms with Crippen LogP contribution in [0.1, 0.15) is 63.5 Å². The molecule has 3 heterocycles. The average Bonchev–Trinajstić information content (AvgIpc) is 1.58. The van der Waals surface area contributed by atoms with Crippen LogP contribution in [0.25, 0.3) is 21.5 Å². The molecule has 0 aliphatic carbocycles. The van der Waals surface area contributed by atoms with E-state index in [1.54, 1.807) is 62.0 Å². The lowest BCUT2D eigenvalue weighted by Crippen LogP contribution is -2.32. The summed E-state index contributed by atoms with van der Waals surface area (Å²) in [4.78, 5) is 39.4. The second-order valence-corrected chi connectivity index (χ2v) is 28.7. The number of imide groups is 1. The van der Waals surface area contributed by atoms with Crippen LogP contribution in [-0.2, 0) is 114 Å². The van der Waals surface area contributed by atoms with Gasteiger partial charge in [0.05, 0.1) is 93.4 Å². The van der Waals surface area contributed by atoms with E-state index in [4.69, 9.17) is 38.0 Å². The predicted molar refractivity (Wildman–Crippen MR) is 325 cm³/mol. The van der Waals surface area contributed by atoms with Crippen molar-refractivity contribution in [3.05, 3.63) is 95.7 Å². The average molecular weight is 1380 g/mol. The van der Waals surface area contributed by atoms with Gasteiger partial charge in [0, 0.05) is 85.5 Å². The number of carbonyl (C=O) groups excluding carboxylic acids is 3. The number of hydrogen-bond acceptors (Lipinski definition) is 22. The Kier molecular flexibility index (Phi) is 24.2. The van der Waals surface area contributed by atoms with Gasteiger partial charge in [-0.25, -0.2) is 4.79 Å². The van der Waals surface area contributed by atoms with Crippen molar-refractivity contribution in [2.45, 2.75) is 82.8 Å². The molecule has 29 nitrogen and oxygen atoms in total. The van der Waals surface area contributed by atoms with Gasteiger partial charge in [-0.15, -0.1) is 5.06 Å². The molecule has 2 amide bonds. The Morgan fingerprint density at radius 3 is 1.63 bits per heavy atom. The Hall–Kier alpha value is -6.03. The van der Waals surface area contributed by atoms with Crippen LogP contribution in [0.15, 0.2) is 104 Å². The van der Waals surface area contributed by atoms with E-state index in [1.807, 2.05) is 4.90 Å². The normalized spacial score (nSPS) is 18.8. The molecule has 34 heteroatoms. The number of carbonyl (C=O) groups is 3. The Bertz CT molecular complexity index is 4120. The van der Waals surface area contributed by atoms with Gasteiger partial charge in [0.2, 0.25) is 5.69 Å². The van der Waals surface area contributed by atoms with Gasteiger partial charge in [-0.3, -0.25) is 32.4 Å². The molecule has 3 aliphatic rings. The number of anilines is 1. The summed E-state index contributed by atoms with van der Waals surface area (Å²) in [6.07, 6.45) is 7.66. The third-order valence-corrected chi connectivity index (χ3v) is 19.6. The molecule has 4 aromatic carbocycles. The van der Waals surface area contributed by atoms with E-state index >= 15 is 0 Å². The maximum absolute atomic E-state index is 13.0. The van der Waals surface area contributed by atoms with E-state index in [0.717, 1.165) is 12.1 Å². The summed E-state index contributed by atoms with van der Waals surface area (Å²) in [7, 11) is -22.1. The number of hydrogen-bond donors (Lipinski definition) is 5. The van der Waals surface area contributed by atoms with E-state index in [1.165, 1.54) is 25.3 Å². The summed E-state index contributed by atoms with van der Waals surface area (Å²) in [5.41, 5.74) is -0.240. The van der Waals surface area contributed by atoms with Crippen molar-refractivity contribution in [3.8, 4) is 0 Å². The topological polar surface area (TPSA) is 406 Å². The first kappa shape index (κ1) is 72.4. The van der Waals surface area contributed by atoms with Gasteiger partial charge < -0.3 is 42.9 Å². The van der Waals surface area contributed by atoms with Gasteiger partial charge in [0.15, 0.2) is 12.3 Å². The lowest BCUT2D eigenvalue weighted by Gasteiger charge is -2.31. The molecule has 5 N–H and O–H groups in total. The van der Waals surface area contributed by atoms with Crippen molar-refractivity contribution in [2.75, 3.05) is 117 Å². The lowest BCUT2D eigenvalue weighted by molar-refractivity contribution is -0.441. The molecule has 3 aliphatic heterocycles. The highest BCUT2D eigenvalue weighted by molar-refractivity contribution is 7.87. The lowest BCUT2D eigenvalue weighted by atomic mass is 9.74. The van der Waals surface area contributed by atoms with Crippen LogP contribution in [0.4, 0.5) is 11.4 Å². The number of ether oxygens (including phenoxy) is 7. The number of fused-ring (bicyclic) bond motifs is 6. The molecule has 0 bridgehead atoms. The molecule has 1 saturated heterocycles. The van der Waals surface area contributed by atoms with Gasteiger partial charge in [0.25, 0.3) is 62.4 Å². The number of rotatable bonds is 36. The highest BCUT2D eigenvalue weighted by Gasteiger charge is 2.50. The Morgan fingerprint density at radius 1 is 0.571 bits per heavy atom. The predicted octanol–water partition coefficient (Wildman–Crippen LogP) is 4.54. The molecule has 4 aromatic rings. The van der Waals surface area contributed by atoms with Crippen LogP contribution in [0, 0.1) is 0 Å². The van der Waals surface area contributed by atoms with Crippen LogP contribution < -0.4 is 4.90 Å². The first-order chi connectivity index (χ1) is 42.8. The summed E-state index contributed by atoms with van der Waals surface area (Å²) in [6.45, 7) is 5.12. The first-order valence-electron chi connectivity index (χ1n) is 28.2. The molecule has 1 fully saturated rings. The van der Waals surface area contributed by atoms with Crippen molar-refractivity contribution in [1.82, 2.24) is 5.06 Å². The zero-order valence-corrected chi connectivity index (χ0v) is 54.1. The fourth-order valence-corrected chi connectivity index (χ4v) is 14.4. The number of nitrogens with zero attached hydrogens (tertiary/aromatic N) is 3. The number of amides is 2. The Balaban J connectivity index is 1.30. The fourth-order valence-electron chi connectivity index (χ4n) is 11.3. The summed E-state index contributed by atoms with van der Waals surface area (Å²) in [6, 6.07) is 9.21. The molecule has 500 valence electrons. The highest BCUT2D eigenvalue weighted by atomic mass is 32.2. The zero-order valence-electron chi connectivity index (χ0n) is 50.0. The highest BCUT2D eigenvalue weighted by Crippen LogP contribution is 2.54. The van der Waals surface area contributed by atoms with Crippen LogP contribution in [-0.4, -0.2) is 210 Å². The van der Waals surface area contributed by atoms with Gasteiger partial charge >= 0.3 is 5.97 Å². The van der Waals surface area contributed by atoms with E-state index in [-0.39, 0.29) is 138 Å². The molecule has 0 spiro atoms. The summed E-state index contributed by atoms with van der Waals surface area (Å²) >= 11 is 0. The van der Waals surface area contributed by atoms with Crippen molar-refractivity contribution < 1.29 is 122 Å². The van der Waals surface area contributed by atoms with Gasteiger partial charge in [-0.1, -0.05) is 24.3 Å². The maximum Gasteiger partial charge on any atom is 0.335 e. The number of methoxy groups -OCH3 is 2. The first-order valence-corrected chi connectivity index (χ1v) is 35.6. The zero-order chi connectivity index (χ0) is 66.7. The minimum absolute atomic E-state index is 0.0137. The van der Waals surface area contributed by atoms with Gasteiger partial charge in [0.1, 0.15) is 16.4 Å². The smallest absolute Gasteiger partial charge is 0.335 e. The van der Waals surface area contributed by atoms with Crippen LogP contribution in [0.2, 0.25) is 0 Å². The molecular weight excluding hydrogens is 1300 g/mol. The fraction of sp³-hybridized carbons (Fsp3) is 0.474. The van der Waals surface area contributed by atoms with Crippen molar-refractivity contribution >= 4 is 107 Å². The molecular formula is C57H72N3O26S5+. The molecule has 0 aromatic heterocycles. The second-order valence-electron chi connectivity index (χ2n) is 21.5. The van der Waals surface area contributed by atoms with Crippen LogP contribution in [0.5, 0.6) is 0 Å². The minimum Gasteiger partial charge on any atom is -0.382 e. The summed E-state index contributed by atoms with van der Waals surface area (Å²) in [5, 5.41) is 0.177. The van der Waals surface area contributed by atoms with Crippen LogP contribution >= 0.6 is 0 Å². The quantitative estimate of drug-likeness (QED) is 0.0137. The Labute approximate surface area is 526 Å². The second kappa shape index (κ2) is 30.4. The molecule has 0 saturated carbocycles.